The van der Waals surface area contributed by atoms with Crippen LogP contribution in [0.4, 0.5) is 5.69 Å². The van der Waals surface area contributed by atoms with Crippen LogP contribution in [0.5, 0.6) is 0 Å². The lowest BCUT2D eigenvalue weighted by Crippen LogP contribution is -2.45. The number of carboxylic acid groups (broad SMARTS) is 1. The largest absolute Gasteiger partial charge is 0.480 e. The molecule has 0 aliphatic carbocycles. The topological polar surface area (TPSA) is 78.4 Å². The zero-order valence-electron chi connectivity index (χ0n) is 12.8. The quantitative estimate of drug-likeness (QED) is 0.687. The van der Waals surface area contributed by atoms with Crippen molar-refractivity contribution >= 4 is 17.6 Å². The Labute approximate surface area is 125 Å². The number of hydrogen-bond acceptors (Lipinski definition) is 3. The van der Waals surface area contributed by atoms with E-state index in [1.54, 1.807) is 0 Å². The molecule has 2 atom stereocenters. The van der Waals surface area contributed by atoms with Crippen LogP contribution >= 0.6 is 0 Å². The van der Waals surface area contributed by atoms with E-state index >= 15 is 0 Å². The van der Waals surface area contributed by atoms with Crippen LogP contribution in [-0.2, 0) is 9.59 Å². The second-order valence-corrected chi connectivity index (χ2v) is 5.26. The van der Waals surface area contributed by atoms with Gasteiger partial charge in [0.05, 0.1) is 0 Å². The van der Waals surface area contributed by atoms with Crippen LogP contribution in [0.2, 0.25) is 0 Å². The summed E-state index contributed by atoms with van der Waals surface area (Å²) in [5.74, 6) is -1.32. The summed E-state index contributed by atoms with van der Waals surface area (Å²) in [4.78, 5) is 23.0. The summed E-state index contributed by atoms with van der Waals surface area (Å²) in [6.07, 6.45) is 0.952. The molecule has 0 spiro atoms. The van der Waals surface area contributed by atoms with Crippen LogP contribution in [0.1, 0.15) is 32.3 Å². The summed E-state index contributed by atoms with van der Waals surface area (Å²) in [6.45, 7) is 6.20. The molecule has 1 amide bonds. The molecule has 0 saturated carbocycles. The van der Waals surface area contributed by atoms with Crippen molar-refractivity contribution in [3.8, 4) is 0 Å². The van der Waals surface area contributed by atoms with Gasteiger partial charge in [0.15, 0.2) is 0 Å². The van der Waals surface area contributed by atoms with E-state index in [1.165, 1.54) is 0 Å². The van der Waals surface area contributed by atoms with E-state index in [-0.39, 0.29) is 18.2 Å². The molecule has 0 unspecified atom stereocenters. The minimum atomic E-state index is -0.982. The van der Waals surface area contributed by atoms with Gasteiger partial charge in [-0.1, -0.05) is 38.5 Å². The minimum absolute atomic E-state index is 0.0872. The van der Waals surface area contributed by atoms with Crippen LogP contribution in [0.15, 0.2) is 24.3 Å². The normalized spacial score (nSPS) is 13.3. The predicted octanol–water partition coefficient (Wildman–Crippen LogP) is 2.41. The number of hydrogen-bond donors (Lipinski definition) is 3. The van der Waals surface area contributed by atoms with Gasteiger partial charge < -0.3 is 15.7 Å². The van der Waals surface area contributed by atoms with E-state index in [4.69, 9.17) is 5.11 Å². The lowest BCUT2D eigenvalue weighted by Gasteiger charge is -2.20. The standard InChI is InChI=1S/C16H24N2O3/c1-4-11(2)15(16(20)21)18-14(19)9-10-17-13-8-6-5-7-12(13)3/h5-8,11,15,17H,4,9-10H2,1-3H3,(H,18,19)(H,20,21)/t11-,15-/m0/s1. The van der Waals surface area contributed by atoms with E-state index in [2.05, 4.69) is 10.6 Å². The van der Waals surface area contributed by atoms with Gasteiger partial charge in [0, 0.05) is 18.7 Å². The summed E-state index contributed by atoms with van der Waals surface area (Å²) in [5.41, 5.74) is 2.10. The average molecular weight is 292 g/mol. The van der Waals surface area contributed by atoms with E-state index in [1.807, 2.05) is 45.0 Å². The molecule has 21 heavy (non-hydrogen) atoms. The Balaban J connectivity index is 2.43. The van der Waals surface area contributed by atoms with E-state index < -0.39 is 12.0 Å². The van der Waals surface area contributed by atoms with E-state index in [0.29, 0.717) is 13.0 Å². The Bertz CT molecular complexity index is 488. The first-order valence-corrected chi connectivity index (χ1v) is 7.27. The Morgan fingerprint density at radius 2 is 1.95 bits per heavy atom. The van der Waals surface area contributed by atoms with Crippen molar-refractivity contribution in [1.82, 2.24) is 5.32 Å². The molecule has 0 aromatic heterocycles. The highest BCUT2D eigenvalue weighted by molar-refractivity contribution is 5.84. The molecule has 5 nitrogen and oxygen atoms in total. The van der Waals surface area contributed by atoms with Gasteiger partial charge >= 0.3 is 5.97 Å². The summed E-state index contributed by atoms with van der Waals surface area (Å²) in [5, 5.41) is 14.9. The second-order valence-electron chi connectivity index (χ2n) is 5.26. The fraction of sp³-hybridized carbons (Fsp3) is 0.500. The number of carboxylic acids is 1. The monoisotopic (exact) mass is 292 g/mol. The Hall–Kier alpha value is -2.04. The van der Waals surface area contributed by atoms with E-state index in [9.17, 15) is 9.59 Å². The Morgan fingerprint density at radius 1 is 1.29 bits per heavy atom. The number of nitrogens with one attached hydrogen (secondary N) is 2. The molecule has 1 aromatic rings. The Morgan fingerprint density at radius 3 is 2.52 bits per heavy atom. The molecule has 3 N–H and O–H groups in total. The highest BCUT2D eigenvalue weighted by Gasteiger charge is 2.24. The van der Waals surface area contributed by atoms with Gasteiger partial charge in [-0.15, -0.1) is 0 Å². The number of carbonyl (C=O) groups is 2. The first-order valence-electron chi connectivity index (χ1n) is 7.27. The highest BCUT2D eigenvalue weighted by Crippen LogP contribution is 2.13. The van der Waals surface area contributed by atoms with Gasteiger partial charge in [0.2, 0.25) is 5.91 Å². The van der Waals surface area contributed by atoms with Crippen molar-refractivity contribution < 1.29 is 14.7 Å². The summed E-state index contributed by atoms with van der Waals surface area (Å²) in [6, 6.07) is 7.01. The molecule has 1 rings (SSSR count). The lowest BCUT2D eigenvalue weighted by molar-refractivity contribution is -0.143. The first kappa shape index (κ1) is 17.0. The Kier molecular flexibility index (Phi) is 6.72. The maximum atomic E-state index is 11.8. The van der Waals surface area contributed by atoms with Crippen LogP contribution < -0.4 is 10.6 Å². The van der Waals surface area contributed by atoms with Gasteiger partial charge in [-0.25, -0.2) is 4.79 Å². The number of amides is 1. The van der Waals surface area contributed by atoms with Gasteiger partial charge in [-0.2, -0.15) is 0 Å². The molecule has 0 aliphatic heterocycles. The van der Waals surface area contributed by atoms with Gasteiger partial charge in [-0.3, -0.25) is 4.79 Å². The fourth-order valence-electron chi connectivity index (χ4n) is 2.01. The molecular formula is C16H24N2O3. The van der Waals surface area contributed by atoms with Crippen molar-refractivity contribution in [3.05, 3.63) is 29.8 Å². The van der Waals surface area contributed by atoms with E-state index in [0.717, 1.165) is 11.3 Å². The van der Waals surface area contributed by atoms with Crippen molar-refractivity contribution in [2.75, 3.05) is 11.9 Å². The van der Waals surface area contributed by atoms with Gasteiger partial charge in [0.1, 0.15) is 6.04 Å². The number of aliphatic carboxylic acids is 1. The molecule has 0 radical (unpaired) electrons. The molecule has 0 aliphatic rings. The number of para-hydroxylation sites is 1. The third-order valence-corrected chi connectivity index (χ3v) is 3.61. The smallest absolute Gasteiger partial charge is 0.326 e. The first-order chi connectivity index (χ1) is 9.95. The summed E-state index contributed by atoms with van der Waals surface area (Å²) >= 11 is 0. The van der Waals surface area contributed by atoms with Crippen molar-refractivity contribution in [3.63, 3.8) is 0 Å². The summed E-state index contributed by atoms with van der Waals surface area (Å²) < 4.78 is 0. The van der Waals surface area contributed by atoms with Gasteiger partial charge in [-0.05, 0) is 24.5 Å². The summed E-state index contributed by atoms with van der Waals surface area (Å²) in [7, 11) is 0. The lowest BCUT2D eigenvalue weighted by atomic mass is 9.99. The second kappa shape index (κ2) is 8.29. The van der Waals surface area contributed by atoms with Crippen LogP contribution in [0.3, 0.4) is 0 Å². The number of anilines is 1. The van der Waals surface area contributed by atoms with Crippen LogP contribution in [0.25, 0.3) is 0 Å². The molecule has 116 valence electrons. The predicted molar refractivity (Wildman–Crippen MR) is 83.3 cm³/mol. The maximum absolute atomic E-state index is 11.8. The van der Waals surface area contributed by atoms with Crippen LogP contribution in [0, 0.1) is 12.8 Å². The number of carbonyl (C=O) groups excluding carboxylic acids is 1. The van der Waals surface area contributed by atoms with Crippen LogP contribution in [-0.4, -0.2) is 29.6 Å². The number of benzene rings is 1. The van der Waals surface area contributed by atoms with Gasteiger partial charge in [0.25, 0.3) is 0 Å². The highest BCUT2D eigenvalue weighted by atomic mass is 16.4. The molecule has 0 saturated heterocycles. The van der Waals surface area contributed by atoms with Crippen molar-refractivity contribution in [2.45, 2.75) is 39.7 Å². The molecule has 1 aromatic carbocycles. The minimum Gasteiger partial charge on any atom is -0.480 e. The third kappa shape index (κ3) is 5.45. The SMILES string of the molecule is CC[C@H](C)[C@H](NC(=O)CCNc1ccccc1C)C(=O)O. The average Bonchev–Trinajstić information content (AvgIpc) is 2.45. The fourth-order valence-corrected chi connectivity index (χ4v) is 2.01. The molecule has 5 heteroatoms. The molecule has 0 bridgehead atoms. The number of rotatable bonds is 8. The van der Waals surface area contributed by atoms with Crippen molar-refractivity contribution in [1.29, 1.82) is 0 Å². The zero-order chi connectivity index (χ0) is 15.8. The number of aryl methyl sites for hydroxylation is 1. The molecule has 0 heterocycles. The third-order valence-electron chi connectivity index (χ3n) is 3.61. The molecular weight excluding hydrogens is 268 g/mol. The van der Waals surface area contributed by atoms with Crippen molar-refractivity contribution in [2.24, 2.45) is 5.92 Å². The molecule has 0 fully saturated rings. The maximum Gasteiger partial charge on any atom is 0.326 e. The zero-order valence-corrected chi connectivity index (χ0v) is 12.8.